The van der Waals surface area contributed by atoms with Crippen LogP contribution >= 0.6 is 0 Å². The third-order valence-electron chi connectivity index (χ3n) is 6.20. The zero-order valence-corrected chi connectivity index (χ0v) is 21.5. The van der Waals surface area contributed by atoms with Crippen LogP contribution in [0.5, 0.6) is 0 Å². The van der Waals surface area contributed by atoms with Gasteiger partial charge in [0.05, 0.1) is 6.61 Å². The molecule has 34 heavy (non-hydrogen) atoms. The van der Waals surface area contributed by atoms with Crippen LogP contribution in [-0.2, 0) is 9.53 Å². The Hall–Kier alpha value is -1.98. The van der Waals surface area contributed by atoms with Crippen LogP contribution in [0.1, 0.15) is 126 Å². The van der Waals surface area contributed by atoms with Crippen molar-refractivity contribution in [3.05, 3.63) is 34.9 Å². The molecule has 1 unspecified atom stereocenters. The Morgan fingerprint density at radius 1 is 0.824 bits per heavy atom. The van der Waals surface area contributed by atoms with Gasteiger partial charge in [-0.3, -0.25) is 4.79 Å². The van der Waals surface area contributed by atoms with Gasteiger partial charge in [0, 0.05) is 0 Å². The second-order valence-electron chi connectivity index (χ2n) is 9.37. The van der Waals surface area contributed by atoms with Crippen LogP contribution in [0.25, 0.3) is 0 Å². The van der Waals surface area contributed by atoms with Crippen molar-refractivity contribution in [2.45, 2.75) is 123 Å². The van der Waals surface area contributed by atoms with Gasteiger partial charge < -0.3 is 10.1 Å². The summed E-state index contributed by atoms with van der Waals surface area (Å²) in [5.74, 6) is -3.45. The number of hydrogen-bond acceptors (Lipinski definition) is 3. The van der Waals surface area contributed by atoms with Crippen LogP contribution in [-0.4, -0.2) is 24.5 Å². The molecular weight excluding hydrogens is 436 g/mol. The number of ether oxygens (including phenoxy) is 1. The fourth-order valence-electron chi connectivity index (χ4n) is 3.96. The van der Waals surface area contributed by atoms with Gasteiger partial charge in [-0.25, -0.2) is 13.6 Å². The minimum absolute atomic E-state index is 0.162. The smallest absolute Gasteiger partial charge is 0.328 e. The van der Waals surface area contributed by atoms with Crippen LogP contribution in [0.15, 0.2) is 12.1 Å². The molecule has 0 aliphatic rings. The molecule has 0 heterocycles. The van der Waals surface area contributed by atoms with Crippen molar-refractivity contribution in [2.24, 2.45) is 0 Å². The molecule has 0 aliphatic heterocycles. The van der Waals surface area contributed by atoms with Crippen molar-refractivity contribution < 1.29 is 23.1 Å². The highest BCUT2D eigenvalue weighted by Crippen LogP contribution is 2.17. The van der Waals surface area contributed by atoms with E-state index in [0.29, 0.717) is 0 Å². The molecule has 1 rings (SSSR count). The molecule has 6 heteroatoms. The molecule has 1 amide bonds. The van der Waals surface area contributed by atoms with Gasteiger partial charge in [-0.05, 0) is 31.9 Å². The lowest BCUT2D eigenvalue weighted by molar-refractivity contribution is -0.145. The molecule has 1 aromatic carbocycles. The lowest BCUT2D eigenvalue weighted by Gasteiger charge is -2.14. The fourth-order valence-corrected chi connectivity index (χ4v) is 3.96. The molecule has 4 nitrogen and oxygen atoms in total. The Morgan fingerprint density at radius 2 is 1.29 bits per heavy atom. The zero-order chi connectivity index (χ0) is 25.2. The topological polar surface area (TPSA) is 55.4 Å². The molecule has 194 valence electrons. The maximum absolute atomic E-state index is 14.1. The Kier molecular flexibility index (Phi) is 16.2. The minimum atomic E-state index is -0.983. The van der Waals surface area contributed by atoms with Crippen LogP contribution in [0.4, 0.5) is 8.78 Å². The van der Waals surface area contributed by atoms with Gasteiger partial charge in [0.2, 0.25) is 0 Å². The van der Waals surface area contributed by atoms with Gasteiger partial charge in [-0.1, -0.05) is 103 Å². The van der Waals surface area contributed by atoms with Crippen molar-refractivity contribution in [1.82, 2.24) is 5.32 Å². The second kappa shape index (κ2) is 18.4. The number of amides is 1. The fraction of sp³-hybridized carbons (Fsp3) is 0.714. The molecule has 1 atom stereocenters. The van der Waals surface area contributed by atoms with E-state index in [4.69, 9.17) is 4.74 Å². The third kappa shape index (κ3) is 12.5. The highest BCUT2D eigenvalue weighted by molar-refractivity contribution is 5.97. The van der Waals surface area contributed by atoms with E-state index < -0.39 is 35.1 Å². The molecule has 0 saturated heterocycles. The van der Waals surface area contributed by atoms with Crippen molar-refractivity contribution >= 4 is 11.9 Å². The first-order chi connectivity index (χ1) is 16.4. The normalized spacial score (nSPS) is 11.9. The second-order valence-corrected chi connectivity index (χ2v) is 9.37. The maximum atomic E-state index is 14.1. The summed E-state index contributed by atoms with van der Waals surface area (Å²) in [6.07, 6.45) is 18.9. The monoisotopic (exact) mass is 481 g/mol. The van der Waals surface area contributed by atoms with Crippen LogP contribution in [0.2, 0.25) is 0 Å². The number of hydrogen-bond donors (Lipinski definition) is 1. The molecule has 0 radical (unpaired) electrons. The van der Waals surface area contributed by atoms with Crippen molar-refractivity contribution in [3.8, 4) is 0 Å². The summed E-state index contributed by atoms with van der Waals surface area (Å²) in [6, 6.07) is 1.31. The van der Waals surface area contributed by atoms with E-state index in [1.807, 2.05) is 0 Å². The number of benzene rings is 1. The van der Waals surface area contributed by atoms with Crippen LogP contribution < -0.4 is 5.32 Å². The Morgan fingerprint density at radius 3 is 1.79 bits per heavy atom. The lowest BCUT2D eigenvalue weighted by Crippen LogP contribution is -2.40. The highest BCUT2D eigenvalue weighted by Gasteiger charge is 2.23. The zero-order valence-electron chi connectivity index (χ0n) is 21.5. The number of halogens is 2. The van der Waals surface area contributed by atoms with E-state index in [9.17, 15) is 18.4 Å². The molecule has 0 spiro atoms. The van der Waals surface area contributed by atoms with E-state index in [-0.39, 0.29) is 12.2 Å². The Labute approximate surface area is 205 Å². The van der Waals surface area contributed by atoms with Gasteiger partial charge in [0.25, 0.3) is 5.91 Å². The molecule has 0 bridgehead atoms. The summed E-state index contributed by atoms with van der Waals surface area (Å²) in [6.45, 7) is 5.42. The van der Waals surface area contributed by atoms with E-state index in [2.05, 4.69) is 12.2 Å². The van der Waals surface area contributed by atoms with Gasteiger partial charge in [0.15, 0.2) is 0 Å². The quantitative estimate of drug-likeness (QED) is 0.162. The number of rotatable bonds is 19. The predicted molar refractivity (Wildman–Crippen MR) is 134 cm³/mol. The number of aryl methyl sites for hydroxylation is 1. The van der Waals surface area contributed by atoms with Crippen molar-refractivity contribution in [2.75, 3.05) is 6.61 Å². The number of nitrogens with one attached hydrogen (secondary N) is 1. The van der Waals surface area contributed by atoms with E-state index in [1.165, 1.54) is 97.0 Å². The van der Waals surface area contributed by atoms with Crippen molar-refractivity contribution in [1.29, 1.82) is 0 Å². The Balaban J connectivity index is 2.02. The van der Waals surface area contributed by atoms with E-state index >= 15 is 0 Å². The van der Waals surface area contributed by atoms with Crippen molar-refractivity contribution in [3.63, 3.8) is 0 Å². The minimum Gasteiger partial charge on any atom is -0.464 e. The predicted octanol–water partition coefficient (Wildman–Crippen LogP) is 7.81. The average molecular weight is 482 g/mol. The summed E-state index contributed by atoms with van der Waals surface area (Å²) in [5, 5.41) is 2.32. The van der Waals surface area contributed by atoms with Crippen LogP contribution in [0.3, 0.4) is 0 Å². The third-order valence-corrected chi connectivity index (χ3v) is 6.20. The summed E-state index contributed by atoms with van der Waals surface area (Å²) in [7, 11) is 0. The summed E-state index contributed by atoms with van der Waals surface area (Å²) in [5.41, 5.74) is -0.517. The van der Waals surface area contributed by atoms with E-state index in [1.54, 1.807) is 0 Å². The maximum Gasteiger partial charge on any atom is 0.328 e. The largest absolute Gasteiger partial charge is 0.464 e. The molecule has 0 aliphatic carbocycles. The van der Waals surface area contributed by atoms with Gasteiger partial charge >= 0.3 is 5.97 Å². The first-order valence-electron chi connectivity index (χ1n) is 13.3. The Bertz CT molecular complexity index is 724. The number of carbonyl (C=O) groups is 2. The number of unbranched alkanes of at least 4 members (excludes halogenated alkanes) is 14. The molecule has 1 N–H and O–H groups in total. The lowest BCUT2D eigenvalue weighted by atomic mass is 10.0. The first kappa shape index (κ1) is 30.1. The number of carbonyl (C=O) groups excluding carboxylic acids is 2. The molecule has 0 saturated carbocycles. The van der Waals surface area contributed by atoms with Crippen LogP contribution in [0, 0.1) is 18.6 Å². The summed E-state index contributed by atoms with van der Waals surface area (Å²) in [4.78, 5) is 24.2. The molecule has 1 aromatic rings. The summed E-state index contributed by atoms with van der Waals surface area (Å²) >= 11 is 0. The summed E-state index contributed by atoms with van der Waals surface area (Å²) < 4.78 is 33.1. The van der Waals surface area contributed by atoms with Gasteiger partial charge in [-0.15, -0.1) is 0 Å². The average Bonchev–Trinajstić information content (AvgIpc) is 2.81. The molecular formula is C28H45F2NO3. The van der Waals surface area contributed by atoms with Gasteiger partial charge in [-0.2, -0.15) is 0 Å². The first-order valence-corrected chi connectivity index (χ1v) is 13.3. The molecule has 0 aromatic heterocycles. The number of esters is 1. The highest BCUT2D eigenvalue weighted by atomic mass is 19.1. The van der Waals surface area contributed by atoms with Gasteiger partial charge in [0.1, 0.15) is 23.2 Å². The molecule has 0 fully saturated rings. The van der Waals surface area contributed by atoms with E-state index in [0.717, 1.165) is 25.3 Å². The SMILES string of the molecule is CCCCCCCCCCCCCCCCCOC(=O)C(C)NC(=O)c1c(F)ccc(C)c1F. The standard InChI is InChI=1S/C28H45F2NO3/c1-4-5-6-7-8-9-10-11-12-13-14-15-16-17-18-21-34-28(33)23(3)31-27(32)25-24(29)20-19-22(2)26(25)30/h19-20,23H,4-18,21H2,1-3H3,(H,31,32).